The Balaban J connectivity index is 4.84. The smallest absolute Gasteiger partial charge is 0.239 e. The molecule has 130 valence electrons. The van der Waals surface area contributed by atoms with Crippen molar-refractivity contribution in [3.8, 4) is 0 Å². The fraction of sp³-hybridized carbons (Fsp3) is 0.867. The van der Waals surface area contributed by atoms with E-state index in [0.29, 0.717) is 25.6 Å². The van der Waals surface area contributed by atoms with Crippen molar-refractivity contribution < 1.29 is 19.1 Å². The molecule has 7 heteroatoms. The molecule has 0 heterocycles. The predicted molar refractivity (Wildman–Crippen MR) is 84.9 cm³/mol. The van der Waals surface area contributed by atoms with Crippen LogP contribution in [0.25, 0.3) is 0 Å². The summed E-state index contributed by atoms with van der Waals surface area (Å²) in [6, 6.07) is -0.600. The summed E-state index contributed by atoms with van der Waals surface area (Å²) in [5, 5.41) is 0. The first-order valence-electron chi connectivity index (χ1n) is 7.87. The Morgan fingerprint density at radius 1 is 1.14 bits per heavy atom. The van der Waals surface area contributed by atoms with Gasteiger partial charge in [0, 0.05) is 26.2 Å². The van der Waals surface area contributed by atoms with Gasteiger partial charge in [0.2, 0.25) is 11.8 Å². The van der Waals surface area contributed by atoms with Crippen LogP contribution in [0.4, 0.5) is 0 Å². The highest BCUT2D eigenvalue weighted by atomic mass is 16.7. The van der Waals surface area contributed by atoms with Crippen molar-refractivity contribution in [2.45, 2.75) is 52.9 Å². The molecule has 0 rings (SSSR count). The third-order valence-electron chi connectivity index (χ3n) is 3.06. The summed E-state index contributed by atoms with van der Waals surface area (Å²) in [5.41, 5.74) is 11.1. The molecule has 0 saturated heterocycles. The molecule has 0 aromatic carbocycles. The minimum Gasteiger partial charge on any atom is -0.370 e. The van der Waals surface area contributed by atoms with Gasteiger partial charge in [-0.05, 0) is 26.2 Å². The van der Waals surface area contributed by atoms with Crippen LogP contribution in [0.2, 0.25) is 0 Å². The topological polar surface area (TPSA) is 108 Å². The lowest BCUT2D eigenvalue weighted by atomic mass is 10.0. The van der Waals surface area contributed by atoms with Crippen LogP contribution in [-0.2, 0) is 19.1 Å². The van der Waals surface area contributed by atoms with E-state index in [0.717, 1.165) is 0 Å². The first kappa shape index (κ1) is 20.8. The van der Waals surface area contributed by atoms with Crippen molar-refractivity contribution in [2.75, 3.05) is 26.3 Å². The highest BCUT2D eigenvalue weighted by Crippen LogP contribution is 2.09. The lowest BCUT2D eigenvalue weighted by molar-refractivity contribution is -0.160. The Labute approximate surface area is 133 Å². The minimum atomic E-state index is -0.600. The quantitative estimate of drug-likeness (QED) is 0.508. The Hall–Kier alpha value is -1.18. The molecule has 0 aromatic rings. The van der Waals surface area contributed by atoms with Gasteiger partial charge in [-0.3, -0.25) is 9.59 Å². The van der Waals surface area contributed by atoms with Gasteiger partial charge in [0.15, 0.2) is 6.29 Å². The normalized spacial score (nSPS) is 12.7. The molecule has 0 fully saturated rings. The van der Waals surface area contributed by atoms with E-state index < -0.39 is 18.2 Å². The summed E-state index contributed by atoms with van der Waals surface area (Å²) in [4.78, 5) is 25.0. The largest absolute Gasteiger partial charge is 0.370 e. The van der Waals surface area contributed by atoms with Crippen LogP contribution >= 0.6 is 0 Å². The van der Waals surface area contributed by atoms with Crippen LogP contribution in [0, 0.1) is 5.92 Å². The molecule has 7 nitrogen and oxygen atoms in total. The van der Waals surface area contributed by atoms with Crippen LogP contribution in [-0.4, -0.2) is 55.3 Å². The van der Waals surface area contributed by atoms with Crippen LogP contribution < -0.4 is 11.5 Å². The third-order valence-corrected chi connectivity index (χ3v) is 3.06. The van der Waals surface area contributed by atoms with Crippen molar-refractivity contribution in [2.24, 2.45) is 17.4 Å². The van der Waals surface area contributed by atoms with E-state index in [1.165, 1.54) is 4.90 Å². The van der Waals surface area contributed by atoms with Crippen LogP contribution in [0.1, 0.15) is 40.5 Å². The molecule has 0 bridgehead atoms. The van der Waals surface area contributed by atoms with Crippen molar-refractivity contribution >= 4 is 11.8 Å². The van der Waals surface area contributed by atoms with E-state index in [1.807, 2.05) is 27.7 Å². The van der Waals surface area contributed by atoms with Gasteiger partial charge < -0.3 is 25.8 Å². The van der Waals surface area contributed by atoms with Crippen molar-refractivity contribution in [1.82, 2.24) is 4.90 Å². The summed E-state index contributed by atoms with van der Waals surface area (Å²) in [6.45, 7) is 9.11. The van der Waals surface area contributed by atoms with Crippen molar-refractivity contribution in [3.63, 3.8) is 0 Å². The van der Waals surface area contributed by atoms with Crippen molar-refractivity contribution in [3.05, 3.63) is 0 Å². The maximum absolute atomic E-state index is 12.5. The van der Waals surface area contributed by atoms with Gasteiger partial charge in [0.25, 0.3) is 0 Å². The molecule has 0 spiro atoms. The number of primary amides is 1. The molecule has 0 unspecified atom stereocenters. The van der Waals surface area contributed by atoms with E-state index in [4.69, 9.17) is 20.9 Å². The molecule has 2 amide bonds. The van der Waals surface area contributed by atoms with Gasteiger partial charge in [0.1, 0.15) is 0 Å². The number of ether oxygens (including phenoxy) is 2. The van der Waals surface area contributed by atoms with E-state index in [9.17, 15) is 9.59 Å². The van der Waals surface area contributed by atoms with Crippen LogP contribution in [0.5, 0.6) is 0 Å². The third kappa shape index (κ3) is 8.96. The zero-order valence-corrected chi connectivity index (χ0v) is 14.2. The number of hydrogen-bond acceptors (Lipinski definition) is 5. The minimum absolute atomic E-state index is 0.0884. The lowest BCUT2D eigenvalue weighted by Crippen LogP contribution is -2.49. The van der Waals surface area contributed by atoms with Gasteiger partial charge in [0.05, 0.1) is 12.6 Å². The maximum atomic E-state index is 12.5. The monoisotopic (exact) mass is 317 g/mol. The standard InChI is InChI=1S/C15H31N3O4/c1-5-21-14(22-6-2)10-18(8-7-13(17)19)15(20)12(16)9-11(3)4/h11-12,14H,5-10,16H2,1-4H3,(H2,17,19)/t12-/m0/s1. The number of hydrogen-bond donors (Lipinski definition) is 2. The van der Waals surface area contributed by atoms with Gasteiger partial charge >= 0.3 is 0 Å². The molecule has 0 aromatic heterocycles. The summed E-state index contributed by atoms with van der Waals surface area (Å²) in [6.07, 6.45) is 0.142. The van der Waals surface area contributed by atoms with Gasteiger partial charge in [-0.1, -0.05) is 13.8 Å². The zero-order chi connectivity index (χ0) is 17.1. The fourth-order valence-corrected chi connectivity index (χ4v) is 2.09. The summed E-state index contributed by atoms with van der Waals surface area (Å²) >= 11 is 0. The molecule has 0 aliphatic heterocycles. The zero-order valence-electron chi connectivity index (χ0n) is 14.2. The molecule has 0 radical (unpaired) electrons. The van der Waals surface area contributed by atoms with Gasteiger partial charge in [-0.15, -0.1) is 0 Å². The molecule has 0 saturated carbocycles. The fourth-order valence-electron chi connectivity index (χ4n) is 2.09. The molecule has 0 aliphatic rings. The van der Waals surface area contributed by atoms with Crippen LogP contribution in [0.3, 0.4) is 0 Å². The molecular weight excluding hydrogens is 286 g/mol. The second-order valence-electron chi connectivity index (χ2n) is 5.58. The van der Waals surface area contributed by atoms with E-state index in [1.54, 1.807) is 0 Å². The number of amides is 2. The highest BCUT2D eigenvalue weighted by Gasteiger charge is 2.25. The average molecular weight is 317 g/mol. The molecule has 1 atom stereocenters. The first-order chi connectivity index (χ1) is 10.3. The Morgan fingerprint density at radius 3 is 2.09 bits per heavy atom. The van der Waals surface area contributed by atoms with Crippen molar-refractivity contribution in [1.29, 1.82) is 0 Å². The molecular formula is C15H31N3O4. The summed E-state index contributed by atoms with van der Waals surface area (Å²) in [7, 11) is 0. The summed E-state index contributed by atoms with van der Waals surface area (Å²) < 4.78 is 10.9. The molecule has 4 N–H and O–H groups in total. The highest BCUT2D eigenvalue weighted by molar-refractivity contribution is 5.82. The number of carbonyl (C=O) groups excluding carboxylic acids is 2. The second-order valence-corrected chi connectivity index (χ2v) is 5.58. The lowest BCUT2D eigenvalue weighted by Gasteiger charge is -2.29. The molecule has 0 aliphatic carbocycles. The van der Waals surface area contributed by atoms with E-state index >= 15 is 0 Å². The Morgan fingerprint density at radius 2 is 1.68 bits per heavy atom. The second kappa shape index (κ2) is 11.4. The van der Waals surface area contributed by atoms with E-state index in [2.05, 4.69) is 0 Å². The number of rotatable bonds is 12. The Bertz CT molecular complexity index is 331. The van der Waals surface area contributed by atoms with Gasteiger partial charge in [-0.25, -0.2) is 0 Å². The number of nitrogens with zero attached hydrogens (tertiary/aromatic N) is 1. The number of carbonyl (C=O) groups is 2. The number of nitrogens with two attached hydrogens (primary N) is 2. The average Bonchev–Trinajstić information content (AvgIpc) is 2.42. The van der Waals surface area contributed by atoms with Gasteiger partial charge in [-0.2, -0.15) is 0 Å². The molecule has 22 heavy (non-hydrogen) atoms. The first-order valence-corrected chi connectivity index (χ1v) is 7.87. The Kier molecular flexibility index (Phi) is 10.8. The van der Waals surface area contributed by atoms with E-state index in [-0.39, 0.29) is 25.4 Å². The maximum Gasteiger partial charge on any atom is 0.239 e. The van der Waals surface area contributed by atoms with Crippen LogP contribution in [0.15, 0.2) is 0 Å². The predicted octanol–water partition coefficient (Wildman–Crippen LogP) is 0.463. The SMILES string of the molecule is CCOC(CN(CCC(N)=O)C(=O)[C@@H](N)CC(C)C)OCC. The summed E-state index contributed by atoms with van der Waals surface area (Å²) in [5.74, 6) is -0.356.